The molecule has 0 atom stereocenters. The summed E-state index contributed by atoms with van der Waals surface area (Å²) in [5.41, 5.74) is 1.03. The van der Waals surface area contributed by atoms with E-state index >= 15 is 0 Å². The highest BCUT2D eigenvalue weighted by Gasteiger charge is 2.10. The molecule has 0 aliphatic rings. The van der Waals surface area contributed by atoms with Crippen molar-refractivity contribution >= 4 is 17.2 Å². The van der Waals surface area contributed by atoms with Crippen molar-refractivity contribution in [3.8, 4) is 11.4 Å². The van der Waals surface area contributed by atoms with Crippen molar-refractivity contribution in [2.45, 2.75) is 0 Å². The fourth-order valence-corrected chi connectivity index (χ4v) is 1.62. The highest BCUT2D eigenvalue weighted by molar-refractivity contribution is 6.29. The molecule has 84 valence electrons. The predicted octanol–water partition coefficient (Wildman–Crippen LogP) is 1.98. The van der Waals surface area contributed by atoms with Gasteiger partial charge in [-0.05, 0) is 18.2 Å². The fourth-order valence-electron chi connectivity index (χ4n) is 1.48. The van der Waals surface area contributed by atoms with E-state index < -0.39 is 5.82 Å². The SMILES string of the molecule is Fc1cncc(-c2nnc3ccc(Cl)nn23)c1. The lowest BCUT2D eigenvalue weighted by molar-refractivity contribution is 0.621. The Labute approximate surface area is 99.9 Å². The van der Waals surface area contributed by atoms with Gasteiger partial charge in [-0.2, -0.15) is 9.61 Å². The van der Waals surface area contributed by atoms with Gasteiger partial charge in [0.25, 0.3) is 0 Å². The zero-order valence-electron chi connectivity index (χ0n) is 8.38. The summed E-state index contributed by atoms with van der Waals surface area (Å²) in [5, 5.41) is 12.2. The van der Waals surface area contributed by atoms with Gasteiger partial charge in [-0.1, -0.05) is 11.6 Å². The van der Waals surface area contributed by atoms with Crippen molar-refractivity contribution in [2.75, 3.05) is 0 Å². The Hall–Kier alpha value is -2.08. The van der Waals surface area contributed by atoms with Gasteiger partial charge in [0.15, 0.2) is 11.5 Å². The van der Waals surface area contributed by atoms with Crippen molar-refractivity contribution in [2.24, 2.45) is 0 Å². The number of pyridine rings is 1. The minimum Gasteiger partial charge on any atom is -0.261 e. The number of hydrogen-bond donors (Lipinski definition) is 0. The van der Waals surface area contributed by atoms with E-state index in [1.54, 1.807) is 12.1 Å². The van der Waals surface area contributed by atoms with Crippen LogP contribution in [-0.4, -0.2) is 24.8 Å². The van der Waals surface area contributed by atoms with Crippen molar-refractivity contribution in [3.05, 3.63) is 41.6 Å². The third kappa shape index (κ3) is 1.72. The molecule has 7 heteroatoms. The Morgan fingerprint density at radius 1 is 1.18 bits per heavy atom. The van der Waals surface area contributed by atoms with Crippen LogP contribution in [0.1, 0.15) is 0 Å². The lowest BCUT2D eigenvalue weighted by Crippen LogP contribution is -1.95. The van der Waals surface area contributed by atoms with Crippen molar-refractivity contribution < 1.29 is 4.39 Å². The number of halogens is 2. The molecule has 0 radical (unpaired) electrons. The Morgan fingerprint density at radius 2 is 2.06 bits per heavy atom. The molecule has 3 aromatic rings. The van der Waals surface area contributed by atoms with Crippen LogP contribution in [-0.2, 0) is 0 Å². The van der Waals surface area contributed by atoms with E-state index in [1.165, 1.54) is 16.8 Å². The van der Waals surface area contributed by atoms with Crippen molar-refractivity contribution in [1.29, 1.82) is 0 Å². The van der Waals surface area contributed by atoms with Crippen LogP contribution >= 0.6 is 11.6 Å². The number of nitrogens with zero attached hydrogens (tertiary/aromatic N) is 5. The molecule has 3 heterocycles. The van der Waals surface area contributed by atoms with Crippen LogP contribution in [0, 0.1) is 5.82 Å². The number of fused-ring (bicyclic) bond motifs is 1. The second-order valence-electron chi connectivity index (χ2n) is 3.34. The molecule has 0 fully saturated rings. The molecule has 0 aliphatic carbocycles. The zero-order valence-corrected chi connectivity index (χ0v) is 9.13. The minimum absolute atomic E-state index is 0.308. The monoisotopic (exact) mass is 249 g/mol. The van der Waals surface area contributed by atoms with Gasteiger partial charge in [-0.3, -0.25) is 4.98 Å². The van der Waals surface area contributed by atoms with Gasteiger partial charge in [0.2, 0.25) is 0 Å². The van der Waals surface area contributed by atoms with Crippen LogP contribution in [0.2, 0.25) is 5.15 Å². The highest BCUT2D eigenvalue weighted by atomic mass is 35.5. The van der Waals surface area contributed by atoms with Crippen LogP contribution < -0.4 is 0 Å². The van der Waals surface area contributed by atoms with Gasteiger partial charge in [0.1, 0.15) is 11.0 Å². The van der Waals surface area contributed by atoms with E-state index in [-0.39, 0.29) is 0 Å². The first-order valence-electron chi connectivity index (χ1n) is 4.73. The number of aromatic nitrogens is 5. The molecule has 0 aliphatic heterocycles. The normalized spacial score (nSPS) is 10.9. The molecule has 3 rings (SSSR count). The van der Waals surface area contributed by atoms with Gasteiger partial charge in [0, 0.05) is 11.8 Å². The summed E-state index contributed by atoms with van der Waals surface area (Å²) in [6.07, 6.45) is 2.61. The first kappa shape index (κ1) is 10.1. The molecule has 0 N–H and O–H groups in total. The Morgan fingerprint density at radius 3 is 2.88 bits per heavy atom. The molecule has 0 spiro atoms. The van der Waals surface area contributed by atoms with Gasteiger partial charge in [-0.25, -0.2) is 4.39 Å². The lowest BCUT2D eigenvalue weighted by Gasteiger charge is -1.98. The molecule has 0 amide bonds. The summed E-state index contributed by atoms with van der Waals surface area (Å²) in [6.45, 7) is 0. The van der Waals surface area contributed by atoms with Crippen LogP contribution in [0.15, 0.2) is 30.6 Å². The van der Waals surface area contributed by atoms with Gasteiger partial charge in [0.05, 0.1) is 6.20 Å². The summed E-state index contributed by atoms with van der Waals surface area (Å²) in [5.74, 6) is -0.0456. The average Bonchev–Trinajstić information content (AvgIpc) is 2.71. The second-order valence-corrected chi connectivity index (χ2v) is 3.73. The highest BCUT2D eigenvalue weighted by Crippen LogP contribution is 2.18. The third-order valence-corrected chi connectivity index (χ3v) is 2.39. The lowest BCUT2D eigenvalue weighted by atomic mass is 10.3. The van der Waals surface area contributed by atoms with Crippen LogP contribution in [0.25, 0.3) is 17.0 Å². The maximum atomic E-state index is 13.1. The Kier molecular flexibility index (Phi) is 2.22. The van der Waals surface area contributed by atoms with Crippen molar-refractivity contribution in [3.63, 3.8) is 0 Å². The summed E-state index contributed by atoms with van der Waals surface area (Å²) in [7, 11) is 0. The van der Waals surface area contributed by atoms with E-state index in [2.05, 4.69) is 20.3 Å². The van der Waals surface area contributed by atoms with Gasteiger partial charge >= 0.3 is 0 Å². The number of rotatable bonds is 1. The summed E-state index contributed by atoms with van der Waals surface area (Å²) in [6, 6.07) is 4.60. The van der Waals surface area contributed by atoms with Crippen LogP contribution in [0.4, 0.5) is 4.39 Å². The summed E-state index contributed by atoms with van der Waals surface area (Å²) in [4.78, 5) is 3.75. The quantitative estimate of drug-likeness (QED) is 0.662. The third-order valence-electron chi connectivity index (χ3n) is 2.19. The maximum absolute atomic E-state index is 13.1. The fraction of sp³-hybridized carbons (Fsp3) is 0. The first-order chi connectivity index (χ1) is 8.24. The largest absolute Gasteiger partial charge is 0.261 e. The molecule has 0 unspecified atom stereocenters. The molecule has 0 saturated heterocycles. The molecule has 3 aromatic heterocycles. The topological polar surface area (TPSA) is 56.0 Å². The predicted molar refractivity (Wildman–Crippen MR) is 59.0 cm³/mol. The molecule has 0 aromatic carbocycles. The van der Waals surface area contributed by atoms with Gasteiger partial charge < -0.3 is 0 Å². The van der Waals surface area contributed by atoms with E-state index in [1.807, 2.05) is 0 Å². The molecule has 0 saturated carbocycles. The van der Waals surface area contributed by atoms with Gasteiger partial charge in [-0.15, -0.1) is 10.2 Å². The van der Waals surface area contributed by atoms with Crippen LogP contribution in [0.3, 0.4) is 0 Å². The van der Waals surface area contributed by atoms with Crippen molar-refractivity contribution in [1.82, 2.24) is 24.8 Å². The van der Waals surface area contributed by atoms with E-state index in [0.29, 0.717) is 22.2 Å². The smallest absolute Gasteiger partial charge is 0.187 e. The minimum atomic E-state index is -0.443. The molecular formula is C10H5ClFN5. The van der Waals surface area contributed by atoms with E-state index in [9.17, 15) is 4.39 Å². The Bertz CT molecular complexity index is 696. The summed E-state index contributed by atoms with van der Waals surface area (Å²) >= 11 is 5.79. The molecule has 17 heavy (non-hydrogen) atoms. The van der Waals surface area contributed by atoms with Crippen LogP contribution in [0.5, 0.6) is 0 Å². The van der Waals surface area contributed by atoms with E-state index in [4.69, 9.17) is 11.6 Å². The molecular weight excluding hydrogens is 245 g/mol. The Balaban J connectivity index is 2.27. The second kappa shape index (κ2) is 3.74. The number of hydrogen-bond acceptors (Lipinski definition) is 4. The molecule has 0 bridgehead atoms. The summed E-state index contributed by atoms with van der Waals surface area (Å²) < 4.78 is 14.5. The molecule has 5 nitrogen and oxygen atoms in total. The van der Waals surface area contributed by atoms with E-state index in [0.717, 1.165) is 6.20 Å². The maximum Gasteiger partial charge on any atom is 0.187 e. The average molecular weight is 250 g/mol. The standard InChI is InChI=1S/C10H5ClFN5/c11-8-1-2-9-14-15-10(17(9)16-8)6-3-7(12)5-13-4-6/h1-5H. The zero-order chi connectivity index (χ0) is 11.8. The first-order valence-corrected chi connectivity index (χ1v) is 5.11.